The van der Waals surface area contributed by atoms with Gasteiger partial charge in [0.2, 0.25) is 5.91 Å². The summed E-state index contributed by atoms with van der Waals surface area (Å²) in [5.74, 6) is -1.32. The number of ether oxygens (including phenoxy) is 1. The summed E-state index contributed by atoms with van der Waals surface area (Å²) in [6.45, 7) is 6.12. The lowest BCUT2D eigenvalue weighted by molar-refractivity contribution is -0.150. The van der Waals surface area contributed by atoms with Crippen molar-refractivity contribution in [2.75, 3.05) is 26.2 Å². The van der Waals surface area contributed by atoms with E-state index in [1.807, 2.05) is 0 Å². The second-order valence-electron chi connectivity index (χ2n) is 8.44. The van der Waals surface area contributed by atoms with Gasteiger partial charge in [0.15, 0.2) is 0 Å². The predicted molar refractivity (Wildman–Crippen MR) is 103 cm³/mol. The highest BCUT2D eigenvalue weighted by Gasteiger charge is 2.47. The molecule has 1 saturated carbocycles. The lowest BCUT2D eigenvalue weighted by Gasteiger charge is -2.48. The molecule has 2 heterocycles. The van der Waals surface area contributed by atoms with Crippen molar-refractivity contribution in [1.29, 1.82) is 0 Å². The van der Waals surface area contributed by atoms with E-state index < -0.39 is 23.5 Å². The van der Waals surface area contributed by atoms with Gasteiger partial charge < -0.3 is 14.7 Å². The second-order valence-corrected chi connectivity index (χ2v) is 9.50. The van der Waals surface area contributed by atoms with Gasteiger partial charge in [0, 0.05) is 30.1 Å². The zero-order valence-corrected chi connectivity index (χ0v) is 16.9. The average molecular weight is 413 g/mol. The maximum atomic E-state index is 12.9. The number of nitrogens with zero attached hydrogens (tertiary/aromatic N) is 2. The van der Waals surface area contributed by atoms with E-state index in [1.165, 1.54) is 12.8 Å². The number of halogens is 2. The van der Waals surface area contributed by atoms with E-state index in [1.54, 1.807) is 36.9 Å². The second kappa shape index (κ2) is 7.46. The summed E-state index contributed by atoms with van der Waals surface area (Å²) in [4.78, 5) is 17.2. The first-order valence-electron chi connectivity index (χ1n) is 9.72. The molecule has 0 unspecified atom stereocenters. The molecule has 3 aliphatic rings. The number of carbonyl (C=O) groups excluding carboxylic acids is 1. The molecule has 1 aliphatic carbocycles. The number of alkyl halides is 2. The van der Waals surface area contributed by atoms with Gasteiger partial charge in [-0.2, -0.15) is 8.78 Å². The lowest BCUT2D eigenvalue weighted by atomic mass is 9.85. The molecule has 1 saturated heterocycles. The molecule has 28 heavy (non-hydrogen) atoms. The molecule has 0 spiro atoms. The summed E-state index contributed by atoms with van der Waals surface area (Å²) in [6.07, 6.45) is 1.52. The summed E-state index contributed by atoms with van der Waals surface area (Å²) >= 11 is 0.454. The maximum absolute atomic E-state index is 12.9. The first-order valence-corrected chi connectivity index (χ1v) is 10.6. The molecule has 1 aromatic carbocycles. The highest BCUT2D eigenvalue weighted by atomic mass is 32.2. The third kappa shape index (κ3) is 4.00. The smallest absolute Gasteiger partial charge is 0.288 e. The van der Waals surface area contributed by atoms with E-state index in [-0.39, 0.29) is 5.91 Å². The SMILES string of the molecule is CC1(C)Oc2ccc(SC(F)F)cc2[C@@H](N2CCN(CC3CC3)CC2=O)[C@@H]1O. The molecule has 4 rings (SSSR count). The zero-order valence-electron chi connectivity index (χ0n) is 16.1. The van der Waals surface area contributed by atoms with Crippen LogP contribution in [0.3, 0.4) is 0 Å². The highest BCUT2D eigenvalue weighted by molar-refractivity contribution is 7.99. The third-order valence-electron chi connectivity index (χ3n) is 5.79. The van der Waals surface area contributed by atoms with Gasteiger partial charge in [0.1, 0.15) is 17.5 Å². The number of aliphatic hydroxyl groups excluding tert-OH is 1. The molecule has 1 N–H and O–H groups in total. The molecule has 1 amide bonds. The van der Waals surface area contributed by atoms with Gasteiger partial charge in [0.25, 0.3) is 5.76 Å². The molecule has 0 bridgehead atoms. The van der Waals surface area contributed by atoms with Gasteiger partial charge in [0.05, 0.1) is 12.6 Å². The van der Waals surface area contributed by atoms with Crippen molar-refractivity contribution >= 4 is 17.7 Å². The van der Waals surface area contributed by atoms with Crippen LogP contribution in [-0.2, 0) is 4.79 Å². The monoisotopic (exact) mass is 412 g/mol. The van der Waals surface area contributed by atoms with Crippen molar-refractivity contribution in [1.82, 2.24) is 9.80 Å². The molecule has 2 fully saturated rings. The minimum atomic E-state index is -2.53. The Balaban J connectivity index is 1.62. The standard InChI is InChI=1S/C20H26F2N2O3S/c1-20(2)18(26)17(14-9-13(28-19(21)22)5-6-15(14)27-20)24-8-7-23(11-16(24)25)10-12-3-4-12/h5-6,9,12,17-19,26H,3-4,7-8,10-11H2,1-2H3/t17-,18+/m1/s1. The van der Waals surface area contributed by atoms with E-state index in [9.17, 15) is 18.7 Å². The van der Waals surface area contributed by atoms with Gasteiger partial charge >= 0.3 is 0 Å². The summed E-state index contributed by atoms with van der Waals surface area (Å²) in [7, 11) is 0. The maximum Gasteiger partial charge on any atom is 0.288 e. The summed E-state index contributed by atoms with van der Waals surface area (Å²) in [5.41, 5.74) is -0.290. The van der Waals surface area contributed by atoms with Crippen LogP contribution in [0.4, 0.5) is 8.78 Å². The first kappa shape index (κ1) is 19.9. The summed E-state index contributed by atoms with van der Waals surface area (Å²) in [5, 5.41) is 11.0. The summed E-state index contributed by atoms with van der Waals surface area (Å²) in [6, 6.07) is 4.27. The molecule has 154 valence electrons. The van der Waals surface area contributed by atoms with E-state index in [0.29, 0.717) is 47.0 Å². The zero-order chi connectivity index (χ0) is 20.1. The van der Waals surface area contributed by atoms with Crippen LogP contribution in [0.2, 0.25) is 0 Å². The number of aliphatic hydroxyl groups is 1. The number of thioether (sulfide) groups is 1. The van der Waals surface area contributed by atoms with E-state index in [0.717, 1.165) is 13.1 Å². The molecule has 5 nitrogen and oxygen atoms in total. The Morgan fingerprint density at radius 1 is 1.32 bits per heavy atom. The van der Waals surface area contributed by atoms with Gasteiger partial charge in [-0.1, -0.05) is 11.8 Å². The molecule has 8 heteroatoms. The molecule has 0 aromatic heterocycles. The number of benzene rings is 1. The highest BCUT2D eigenvalue weighted by Crippen LogP contribution is 2.45. The number of carbonyl (C=O) groups is 1. The molecule has 0 radical (unpaired) electrons. The number of hydrogen-bond donors (Lipinski definition) is 1. The van der Waals surface area contributed by atoms with Crippen LogP contribution < -0.4 is 4.74 Å². The molecule has 2 aliphatic heterocycles. The largest absolute Gasteiger partial charge is 0.485 e. The van der Waals surface area contributed by atoms with Gasteiger partial charge in [-0.25, -0.2) is 0 Å². The van der Waals surface area contributed by atoms with Crippen molar-refractivity contribution < 1.29 is 23.4 Å². The minimum Gasteiger partial charge on any atom is -0.485 e. The van der Waals surface area contributed by atoms with Crippen molar-refractivity contribution in [2.45, 2.75) is 55.1 Å². The Bertz CT molecular complexity index is 757. The van der Waals surface area contributed by atoms with E-state index in [2.05, 4.69) is 4.90 Å². The number of amides is 1. The van der Waals surface area contributed by atoms with Gasteiger partial charge in [-0.3, -0.25) is 9.69 Å². The Labute approximate surface area is 168 Å². The van der Waals surface area contributed by atoms with Crippen molar-refractivity contribution in [2.24, 2.45) is 5.92 Å². The Morgan fingerprint density at radius 2 is 2.07 bits per heavy atom. The fourth-order valence-electron chi connectivity index (χ4n) is 4.11. The fourth-order valence-corrected chi connectivity index (χ4v) is 4.66. The van der Waals surface area contributed by atoms with Gasteiger partial charge in [-0.05, 0) is 50.8 Å². The Morgan fingerprint density at radius 3 is 2.71 bits per heavy atom. The Hall–Kier alpha value is -1.38. The van der Waals surface area contributed by atoms with Crippen molar-refractivity contribution in [3.05, 3.63) is 23.8 Å². The number of fused-ring (bicyclic) bond motifs is 1. The lowest BCUT2D eigenvalue weighted by Crippen LogP contribution is -2.59. The van der Waals surface area contributed by atoms with Crippen molar-refractivity contribution in [3.63, 3.8) is 0 Å². The summed E-state index contributed by atoms with van der Waals surface area (Å²) < 4.78 is 31.6. The average Bonchev–Trinajstić information content (AvgIpc) is 3.41. The van der Waals surface area contributed by atoms with Crippen LogP contribution in [0.5, 0.6) is 5.75 Å². The molecular weight excluding hydrogens is 386 g/mol. The van der Waals surface area contributed by atoms with Crippen LogP contribution in [0.1, 0.15) is 38.3 Å². The van der Waals surface area contributed by atoms with E-state index in [4.69, 9.17) is 4.74 Å². The number of hydrogen-bond acceptors (Lipinski definition) is 5. The number of piperazine rings is 1. The first-order chi connectivity index (χ1) is 13.2. The fraction of sp³-hybridized carbons (Fsp3) is 0.650. The Kier molecular flexibility index (Phi) is 5.31. The molecular formula is C20H26F2N2O3S. The van der Waals surface area contributed by atoms with Crippen LogP contribution >= 0.6 is 11.8 Å². The van der Waals surface area contributed by atoms with Crippen LogP contribution in [-0.4, -0.2) is 64.5 Å². The van der Waals surface area contributed by atoms with Crippen molar-refractivity contribution in [3.8, 4) is 5.75 Å². The third-order valence-corrected chi connectivity index (χ3v) is 6.50. The normalized spacial score (nSPS) is 27.6. The topological polar surface area (TPSA) is 53.0 Å². The van der Waals surface area contributed by atoms with Crippen LogP contribution in [0.25, 0.3) is 0 Å². The quantitative estimate of drug-likeness (QED) is 0.753. The molecule has 2 atom stereocenters. The van der Waals surface area contributed by atoms with Gasteiger partial charge in [-0.15, -0.1) is 0 Å². The van der Waals surface area contributed by atoms with Crippen LogP contribution in [0.15, 0.2) is 23.1 Å². The predicted octanol–water partition coefficient (Wildman–Crippen LogP) is 3.13. The minimum absolute atomic E-state index is 0.0356. The number of rotatable bonds is 5. The molecule has 1 aromatic rings. The van der Waals surface area contributed by atoms with Crippen LogP contribution in [0, 0.1) is 5.92 Å². The van der Waals surface area contributed by atoms with E-state index >= 15 is 0 Å².